The van der Waals surface area contributed by atoms with Crippen molar-refractivity contribution in [3.63, 3.8) is 0 Å². The lowest BCUT2D eigenvalue weighted by Gasteiger charge is -2.30. The molecule has 3 aromatic carbocycles. The zero-order chi connectivity index (χ0) is 27.3. The number of amides is 4. The summed E-state index contributed by atoms with van der Waals surface area (Å²) >= 11 is 0. The Balaban J connectivity index is 1.41. The molecule has 1 aliphatic heterocycles. The Morgan fingerprint density at radius 1 is 0.974 bits per heavy atom. The maximum Gasteiger partial charge on any atom is 0.416 e. The molecule has 0 bridgehead atoms. The summed E-state index contributed by atoms with van der Waals surface area (Å²) in [5.74, 6) is -0.982. The molecule has 4 rings (SSSR count). The zero-order valence-corrected chi connectivity index (χ0v) is 20.5. The standard InChI is InChI=1S/C28H25F3N4O3/c1-18(36)33-25-7-3-2-6-24(25)19-8-14-23(15-9-19)35-16-4-5-20(26(35)37)17-32-27(38)34-22-12-10-21(11-13-22)28(29,30)31/h2-3,6-15,17,20H,4-5,16H2,1H3,(H,33,36)(H,34,38)/b32-17+. The number of carbonyl (C=O) groups is 3. The zero-order valence-electron chi connectivity index (χ0n) is 20.5. The average molecular weight is 523 g/mol. The molecule has 38 heavy (non-hydrogen) atoms. The van der Waals surface area contributed by atoms with E-state index in [1.54, 1.807) is 4.90 Å². The summed E-state index contributed by atoms with van der Waals surface area (Å²) in [6.07, 6.45) is -1.96. The number of benzene rings is 3. The number of nitrogens with zero attached hydrogens (tertiary/aromatic N) is 2. The van der Waals surface area contributed by atoms with E-state index in [1.165, 1.54) is 13.1 Å². The fourth-order valence-electron chi connectivity index (χ4n) is 4.21. The van der Waals surface area contributed by atoms with Crippen molar-refractivity contribution in [2.45, 2.75) is 25.9 Å². The van der Waals surface area contributed by atoms with Crippen LogP contribution in [0, 0.1) is 5.92 Å². The third-order valence-electron chi connectivity index (χ3n) is 6.04. The molecule has 1 atom stereocenters. The molecule has 1 aliphatic rings. The normalized spacial score (nSPS) is 15.9. The third kappa shape index (κ3) is 6.44. The Morgan fingerprint density at radius 3 is 2.32 bits per heavy atom. The first kappa shape index (κ1) is 26.6. The van der Waals surface area contributed by atoms with Gasteiger partial charge >= 0.3 is 12.2 Å². The van der Waals surface area contributed by atoms with Crippen molar-refractivity contribution < 1.29 is 27.6 Å². The predicted octanol–water partition coefficient (Wildman–Crippen LogP) is 6.38. The minimum absolute atomic E-state index is 0.164. The van der Waals surface area contributed by atoms with Gasteiger partial charge in [0.15, 0.2) is 0 Å². The van der Waals surface area contributed by atoms with Crippen LogP contribution in [0.4, 0.5) is 35.0 Å². The molecule has 196 valence electrons. The van der Waals surface area contributed by atoms with Crippen LogP contribution in [0.5, 0.6) is 0 Å². The smallest absolute Gasteiger partial charge is 0.326 e. The van der Waals surface area contributed by atoms with Crippen molar-refractivity contribution in [1.29, 1.82) is 0 Å². The van der Waals surface area contributed by atoms with Crippen LogP contribution < -0.4 is 15.5 Å². The van der Waals surface area contributed by atoms with Gasteiger partial charge in [0.05, 0.1) is 11.5 Å². The number of piperidine rings is 1. The van der Waals surface area contributed by atoms with Gasteiger partial charge in [-0.1, -0.05) is 30.3 Å². The molecule has 7 nitrogen and oxygen atoms in total. The van der Waals surface area contributed by atoms with Gasteiger partial charge in [-0.2, -0.15) is 13.2 Å². The van der Waals surface area contributed by atoms with Crippen molar-refractivity contribution in [3.8, 4) is 11.1 Å². The molecule has 0 saturated carbocycles. The summed E-state index contributed by atoms with van der Waals surface area (Å²) in [7, 11) is 0. The summed E-state index contributed by atoms with van der Waals surface area (Å²) in [5, 5.41) is 5.21. The van der Waals surface area contributed by atoms with Crippen molar-refractivity contribution in [3.05, 3.63) is 78.4 Å². The van der Waals surface area contributed by atoms with Crippen LogP contribution in [0.15, 0.2) is 77.8 Å². The van der Waals surface area contributed by atoms with E-state index in [0.717, 1.165) is 35.4 Å². The number of aliphatic imine (C=N–C) groups is 1. The van der Waals surface area contributed by atoms with E-state index in [2.05, 4.69) is 15.6 Å². The van der Waals surface area contributed by atoms with Crippen molar-refractivity contribution in [2.75, 3.05) is 22.1 Å². The fraction of sp³-hybridized carbons (Fsp3) is 0.214. The second-order valence-corrected chi connectivity index (χ2v) is 8.80. The topological polar surface area (TPSA) is 90.9 Å². The quantitative estimate of drug-likeness (QED) is 0.381. The molecule has 3 aromatic rings. The number of hydrogen-bond acceptors (Lipinski definition) is 3. The third-order valence-corrected chi connectivity index (χ3v) is 6.04. The van der Waals surface area contributed by atoms with Crippen molar-refractivity contribution in [2.24, 2.45) is 10.9 Å². The number of carbonyl (C=O) groups excluding carboxylic acids is 3. The van der Waals surface area contributed by atoms with Crippen molar-refractivity contribution >= 4 is 41.1 Å². The van der Waals surface area contributed by atoms with Gasteiger partial charge in [-0.15, -0.1) is 0 Å². The number of alkyl halides is 3. The maximum absolute atomic E-state index is 13.1. The van der Waals surface area contributed by atoms with E-state index >= 15 is 0 Å². The number of nitrogens with one attached hydrogen (secondary N) is 2. The van der Waals surface area contributed by atoms with Crippen LogP contribution in [0.25, 0.3) is 11.1 Å². The highest BCUT2D eigenvalue weighted by atomic mass is 19.4. The summed E-state index contributed by atoms with van der Waals surface area (Å²) in [4.78, 5) is 42.3. The second-order valence-electron chi connectivity index (χ2n) is 8.80. The minimum atomic E-state index is -4.47. The average Bonchev–Trinajstić information content (AvgIpc) is 2.88. The molecule has 0 radical (unpaired) electrons. The van der Waals surface area contributed by atoms with Gasteiger partial charge in [0, 0.05) is 42.3 Å². The molecule has 1 saturated heterocycles. The molecule has 4 amide bonds. The Kier molecular flexibility index (Phi) is 7.90. The monoisotopic (exact) mass is 522 g/mol. The number of para-hydroxylation sites is 1. The molecule has 2 N–H and O–H groups in total. The lowest BCUT2D eigenvalue weighted by molar-refractivity contribution is -0.137. The van der Waals surface area contributed by atoms with Gasteiger partial charge in [0.25, 0.3) is 0 Å². The van der Waals surface area contributed by atoms with E-state index in [-0.39, 0.29) is 17.5 Å². The predicted molar refractivity (Wildman–Crippen MR) is 140 cm³/mol. The van der Waals surface area contributed by atoms with Crippen LogP contribution >= 0.6 is 0 Å². The van der Waals surface area contributed by atoms with Crippen molar-refractivity contribution in [1.82, 2.24) is 0 Å². The number of rotatable bonds is 5. The molecular weight excluding hydrogens is 497 g/mol. The SMILES string of the molecule is CC(=O)Nc1ccccc1-c1ccc(N2CCCC(/C=N/C(=O)Nc3ccc(C(F)(F)F)cc3)C2=O)cc1. The van der Waals surface area contributed by atoms with Crippen LogP contribution in [0.1, 0.15) is 25.3 Å². The Morgan fingerprint density at radius 2 is 1.66 bits per heavy atom. The Bertz CT molecular complexity index is 1350. The van der Waals surface area contributed by atoms with Gasteiger partial charge in [0.2, 0.25) is 11.8 Å². The molecule has 1 unspecified atom stereocenters. The van der Waals surface area contributed by atoms with Gasteiger partial charge in [-0.3, -0.25) is 9.59 Å². The maximum atomic E-state index is 13.1. The molecule has 0 spiro atoms. The van der Waals surface area contributed by atoms with Crippen LogP contribution in [-0.4, -0.2) is 30.6 Å². The molecule has 10 heteroatoms. The van der Waals surface area contributed by atoms with Gasteiger partial charge in [-0.05, 0) is 60.9 Å². The Hall–Kier alpha value is -4.47. The van der Waals surface area contributed by atoms with E-state index in [0.29, 0.717) is 30.8 Å². The van der Waals surface area contributed by atoms with E-state index < -0.39 is 23.7 Å². The van der Waals surface area contributed by atoms with Crippen LogP contribution in [0.2, 0.25) is 0 Å². The number of halogens is 3. The lowest BCUT2D eigenvalue weighted by Crippen LogP contribution is -2.42. The minimum Gasteiger partial charge on any atom is -0.326 e. The second kappa shape index (κ2) is 11.3. The molecule has 0 aromatic heterocycles. The lowest BCUT2D eigenvalue weighted by atomic mass is 9.97. The first-order valence-electron chi connectivity index (χ1n) is 11.9. The number of anilines is 3. The van der Waals surface area contributed by atoms with E-state index in [4.69, 9.17) is 0 Å². The summed E-state index contributed by atoms with van der Waals surface area (Å²) in [6.45, 7) is 1.96. The Labute approximate surface area is 217 Å². The number of urea groups is 1. The summed E-state index contributed by atoms with van der Waals surface area (Å²) < 4.78 is 38.1. The summed E-state index contributed by atoms with van der Waals surface area (Å²) in [6, 6.07) is 18.1. The van der Waals surface area contributed by atoms with Crippen LogP contribution in [-0.2, 0) is 15.8 Å². The highest BCUT2D eigenvalue weighted by Gasteiger charge is 2.30. The molecule has 1 fully saturated rings. The first-order chi connectivity index (χ1) is 18.1. The number of hydrogen-bond donors (Lipinski definition) is 2. The molecular formula is C28H25F3N4O3. The highest BCUT2D eigenvalue weighted by molar-refractivity contribution is 6.07. The molecule has 1 heterocycles. The molecule has 0 aliphatic carbocycles. The first-order valence-corrected chi connectivity index (χ1v) is 11.9. The van der Waals surface area contributed by atoms with Gasteiger partial charge in [-0.25, -0.2) is 9.79 Å². The fourth-order valence-corrected chi connectivity index (χ4v) is 4.21. The van der Waals surface area contributed by atoms with Crippen LogP contribution in [0.3, 0.4) is 0 Å². The van der Waals surface area contributed by atoms with Gasteiger partial charge < -0.3 is 15.5 Å². The van der Waals surface area contributed by atoms with E-state index in [9.17, 15) is 27.6 Å². The summed E-state index contributed by atoms with van der Waals surface area (Å²) in [5.41, 5.74) is 2.45. The largest absolute Gasteiger partial charge is 0.416 e. The van der Waals surface area contributed by atoms with E-state index in [1.807, 2.05) is 48.5 Å². The highest BCUT2D eigenvalue weighted by Crippen LogP contribution is 2.32. The van der Waals surface area contributed by atoms with Gasteiger partial charge in [0.1, 0.15) is 0 Å².